The van der Waals surface area contributed by atoms with E-state index < -0.39 is 0 Å². The summed E-state index contributed by atoms with van der Waals surface area (Å²) in [6.07, 6.45) is 5.67. The molecule has 2 aliphatic rings. The van der Waals surface area contributed by atoms with Gasteiger partial charge in [-0.2, -0.15) is 0 Å². The lowest BCUT2D eigenvalue weighted by molar-refractivity contribution is -0.141. The summed E-state index contributed by atoms with van der Waals surface area (Å²) in [6.45, 7) is 7.94. The van der Waals surface area contributed by atoms with E-state index in [4.69, 9.17) is 5.73 Å². The van der Waals surface area contributed by atoms with Crippen LogP contribution in [0.5, 0.6) is 0 Å². The van der Waals surface area contributed by atoms with Crippen LogP contribution >= 0.6 is 0 Å². The molecule has 1 aliphatic carbocycles. The molecule has 2 atom stereocenters. The first-order chi connectivity index (χ1) is 9.44. The largest absolute Gasteiger partial charge is 0.339 e. The van der Waals surface area contributed by atoms with Crippen molar-refractivity contribution in [3.63, 3.8) is 0 Å². The van der Waals surface area contributed by atoms with Crippen LogP contribution in [0.1, 0.15) is 46.0 Å². The van der Waals surface area contributed by atoms with E-state index >= 15 is 0 Å². The third-order valence-corrected chi connectivity index (χ3v) is 5.34. The molecule has 2 N–H and O–H groups in total. The quantitative estimate of drug-likeness (QED) is 0.856. The first-order valence-electron chi connectivity index (χ1n) is 8.14. The Morgan fingerprint density at radius 1 is 1.30 bits per heavy atom. The zero-order valence-corrected chi connectivity index (χ0v) is 13.4. The number of amides is 1. The number of nitrogens with zero attached hydrogens (tertiary/aromatic N) is 2. The van der Waals surface area contributed by atoms with E-state index in [0.29, 0.717) is 11.8 Å². The lowest BCUT2D eigenvalue weighted by Gasteiger charge is -2.46. The summed E-state index contributed by atoms with van der Waals surface area (Å²) < 4.78 is 0. The minimum Gasteiger partial charge on any atom is -0.339 e. The van der Waals surface area contributed by atoms with Crippen LogP contribution in [0.4, 0.5) is 0 Å². The average Bonchev–Trinajstić information content (AvgIpc) is 2.42. The normalized spacial score (nSPS) is 31.3. The Kier molecular flexibility index (Phi) is 5.08. The number of carbonyl (C=O) groups is 1. The average molecular weight is 281 g/mol. The van der Waals surface area contributed by atoms with Crippen molar-refractivity contribution in [3.8, 4) is 0 Å². The van der Waals surface area contributed by atoms with Crippen LogP contribution < -0.4 is 5.73 Å². The van der Waals surface area contributed by atoms with E-state index in [1.54, 1.807) is 0 Å². The smallest absolute Gasteiger partial charge is 0.225 e. The predicted molar refractivity (Wildman–Crippen MR) is 82.4 cm³/mol. The second-order valence-corrected chi connectivity index (χ2v) is 7.30. The molecule has 2 rings (SSSR count). The molecule has 0 aromatic heterocycles. The Labute approximate surface area is 123 Å². The molecule has 4 heteroatoms. The second kappa shape index (κ2) is 6.44. The molecule has 116 valence electrons. The zero-order valence-electron chi connectivity index (χ0n) is 13.4. The summed E-state index contributed by atoms with van der Waals surface area (Å²) in [7, 11) is 2.15. The summed E-state index contributed by atoms with van der Waals surface area (Å²) in [5.74, 6) is 1.32. The van der Waals surface area contributed by atoms with E-state index in [2.05, 4.69) is 30.7 Å². The van der Waals surface area contributed by atoms with Crippen molar-refractivity contribution in [2.45, 2.75) is 51.5 Å². The summed E-state index contributed by atoms with van der Waals surface area (Å²) in [4.78, 5) is 17.2. The van der Waals surface area contributed by atoms with Gasteiger partial charge in [0.05, 0.1) is 0 Å². The molecule has 1 saturated heterocycles. The summed E-state index contributed by atoms with van der Waals surface area (Å²) in [5, 5.41) is 0. The van der Waals surface area contributed by atoms with Gasteiger partial charge in [0.1, 0.15) is 0 Å². The van der Waals surface area contributed by atoms with Crippen LogP contribution in [0.2, 0.25) is 0 Å². The number of rotatable bonds is 3. The van der Waals surface area contributed by atoms with Gasteiger partial charge in [0.15, 0.2) is 0 Å². The minimum absolute atomic E-state index is 0.0965. The molecular formula is C16H31N3O. The highest BCUT2D eigenvalue weighted by molar-refractivity contribution is 5.79. The Morgan fingerprint density at radius 2 is 2.05 bits per heavy atom. The summed E-state index contributed by atoms with van der Waals surface area (Å²) in [5.41, 5.74) is 5.77. The molecule has 0 aromatic rings. The highest BCUT2D eigenvalue weighted by atomic mass is 16.2. The standard InChI is InChI=1S/C16H31N3O/c1-16(2)12-19(10-9-18(16)3)15(20)14-6-4-5-13(11-14)7-8-17/h13-14H,4-12,17H2,1-3H3. The summed E-state index contributed by atoms with van der Waals surface area (Å²) >= 11 is 0. The number of nitrogens with two attached hydrogens (primary N) is 1. The van der Waals surface area contributed by atoms with E-state index in [1.807, 2.05) is 0 Å². The molecule has 0 spiro atoms. The molecule has 20 heavy (non-hydrogen) atoms. The van der Waals surface area contributed by atoms with E-state index in [-0.39, 0.29) is 11.5 Å². The van der Waals surface area contributed by atoms with Crippen LogP contribution in [0, 0.1) is 11.8 Å². The van der Waals surface area contributed by atoms with Gasteiger partial charge >= 0.3 is 0 Å². The third kappa shape index (κ3) is 3.53. The maximum absolute atomic E-state index is 12.8. The van der Waals surface area contributed by atoms with Crippen LogP contribution in [-0.4, -0.2) is 54.5 Å². The first-order valence-corrected chi connectivity index (χ1v) is 8.14. The van der Waals surface area contributed by atoms with Crippen LogP contribution in [0.3, 0.4) is 0 Å². The summed E-state index contributed by atoms with van der Waals surface area (Å²) in [6, 6.07) is 0. The van der Waals surface area contributed by atoms with Crippen molar-refractivity contribution in [1.29, 1.82) is 0 Å². The number of carbonyl (C=O) groups excluding carboxylic acids is 1. The van der Waals surface area contributed by atoms with Crippen LogP contribution in [0.15, 0.2) is 0 Å². The Bertz CT molecular complexity index is 341. The Morgan fingerprint density at radius 3 is 2.70 bits per heavy atom. The van der Waals surface area contributed by atoms with Gasteiger partial charge in [-0.25, -0.2) is 0 Å². The highest BCUT2D eigenvalue weighted by Gasteiger charge is 2.36. The minimum atomic E-state index is 0.0965. The number of hydrogen-bond donors (Lipinski definition) is 1. The van der Waals surface area contributed by atoms with Crippen molar-refractivity contribution in [3.05, 3.63) is 0 Å². The van der Waals surface area contributed by atoms with Gasteiger partial charge in [0, 0.05) is 31.1 Å². The molecule has 0 radical (unpaired) electrons. The fourth-order valence-electron chi connectivity index (χ4n) is 3.70. The van der Waals surface area contributed by atoms with Gasteiger partial charge in [0.2, 0.25) is 5.91 Å². The van der Waals surface area contributed by atoms with Gasteiger partial charge in [-0.15, -0.1) is 0 Å². The van der Waals surface area contributed by atoms with Gasteiger partial charge in [-0.3, -0.25) is 9.69 Å². The molecule has 2 fully saturated rings. The molecule has 2 unspecified atom stereocenters. The van der Waals surface area contributed by atoms with Gasteiger partial charge < -0.3 is 10.6 Å². The number of piperazine rings is 1. The van der Waals surface area contributed by atoms with E-state index in [1.165, 1.54) is 12.8 Å². The maximum atomic E-state index is 12.8. The maximum Gasteiger partial charge on any atom is 0.225 e. The van der Waals surface area contributed by atoms with Crippen molar-refractivity contribution in [2.75, 3.05) is 33.2 Å². The van der Waals surface area contributed by atoms with Crippen LogP contribution in [0.25, 0.3) is 0 Å². The van der Waals surface area contributed by atoms with Gasteiger partial charge in [-0.1, -0.05) is 12.8 Å². The van der Waals surface area contributed by atoms with Crippen molar-refractivity contribution < 1.29 is 4.79 Å². The highest BCUT2D eigenvalue weighted by Crippen LogP contribution is 2.33. The Hall–Kier alpha value is -0.610. The molecule has 1 aliphatic heterocycles. The number of likely N-dealkylation sites (N-methyl/N-ethyl adjacent to an activating group) is 1. The Balaban J connectivity index is 1.93. The van der Waals surface area contributed by atoms with Gasteiger partial charge in [-0.05, 0) is 52.6 Å². The third-order valence-electron chi connectivity index (χ3n) is 5.34. The molecular weight excluding hydrogens is 250 g/mol. The van der Waals surface area contributed by atoms with E-state index in [9.17, 15) is 4.79 Å². The first kappa shape index (κ1) is 15.8. The molecule has 0 aromatic carbocycles. The molecule has 1 amide bonds. The molecule has 0 bridgehead atoms. The second-order valence-electron chi connectivity index (χ2n) is 7.30. The van der Waals surface area contributed by atoms with Crippen molar-refractivity contribution in [2.24, 2.45) is 17.6 Å². The van der Waals surface area contributed by atoms with Crippen molar-refractivity contribution in [1.82, 2.24) is 9.80 Å². The molecule has 1 heterocycles. The SMILES string of the molecule is CN1CCN(C(=O)C2CCCC(CCN)C2)CC1(C)C. The van der Waals surface area contributed by atoms with E-state index in [0.717, 1.165) is 45.4 Å². The monoisotopic (exact) mass is 281 g/mol. The topological polar surface area (TPSA) is 49.6 Å². The van der Waals surface area contributed by atoms with Crippen LogP contribution in [-0.2, 0) is 4.79 Å². The fraction of sp³-hybridized carbons (Fsp3) is 0.938. The number of hydrogen-bond acceptors (Lipinski definition) is 3. The van der Waals surface area contributed by atoms with Gasteiger partial charge in [0.25, 0.3) is 0 Å². The lowest BCUT2D eigenvalue weighted by atomic mass is 9.79. The fourth-order valence-corrected chi connectivity index (χ4v) is 3.70. The predicted octanol–water partition coefficient (Wildman–Crippen LogP) is 1.69. The molecule has 4 nitrogen and oxygen atoms in total. The van der Waals surface area contributed by atoms with Crippen molar-refractivity contribution >= 4 is 5.91 Å². The lowest BCUT2D eigenvalue weighted by Crippen LogP contribution is -2.59. The molecule has 1 saturated carbocycles. The zero-order chi connectivity index (χ0) is 14.8.